The number of nitrogens with zero attached hydrogens (tertiary/aromatic N) is 3. The Bertz CT molecular complexity index is 438. The van der Waals surface area contributed by atoms with E-state index < -0.39 is 15.9 Å². The van der Waals surface area contributed by atoms with Gasteiger partial charge in [-0.1, -0.05) is 0 Å². The van der Waals surface area contributed by atoms with E-state index in [9.17, 15) is 8.42 Å². The normalized spacial score (nSPS) is 14.0. The molecule has 8 nitrogen and oxygen atoms in total. The van der Waals surface area contributed by atoms with E-state index in [0.717, 1.165) is 10.9 Å². The fourth-order valence-corrected chi connectivity index (χ4v) is 1.72. The molecule has 0 spiro atoms. The predicted octanol–water partition coefficient (Wildman–Crippen LogP) is -1.99. The maximum Gasteiger partial charge on any atom is 0.240 e. The minimum Gasteiger partial charge on any atom is -0.366 e. The van der Waals surface area contributed by atoms with Crippen molar-refractivity contribution in [2.45, 2.75) is 12.5 Å². The number of nitrogen functional groups attached to an aromatic ring is 2. The number of hydrogen-bond acceptors (Lipinski definition) is 7. The van der Waals surface area contributed by atoms with Gasteiger partial charge in [0.05, 0.1) is 11.8 Å². The molecule has 0 radical (unpaired) electrons. The zero-order valence-corrected chi connectivity index (χ0v) is 9.11. The zero-order valence-electron chi connectivity index (χ0n) is 8.29. The van der Waals surface area contributed by atoms with E-state index in [-0.39, 0.29) is 23.9 Å². The SMILES string of the molecule is CS(=O)(=O)CCC(N)c1nnc(N)n1N. The Morgan fingerprint density at radius 1 is 1.47 bits per heavy atom. The Kier molecular flexibility index (Phi) is 3.15. The first-order valence-corrected chi connectivity index (χ1v) is 6.26. The van der Waals surface area contributed by atoms with Gasteiger partial charge in [-0.3, -0.25) is 0 Å². The highest BCUT2D eigenvalue weighted by Gasteiger charge is 2.16. The third kappa shape index (κ3) is 3.06. The fourth-order valence-electron chi connectivity index (χ4n) is 1.04. The van der Waals surface area contributed by atoms with Crippen LogP contribution in [0.3, 0.4) is 0 Å². The maximum atomic E-state index is 10.9. The monoisotopic (exact) mass is 234 g/mol. The second kappa shape index (κ2) is 4.03. The first-order chi connectivity index (χ1) is 6.81. The van der Waals surface area contributed by atoms with Gasteiger partial charge in [0.15, 0.2) is 5.82 Å². The summed E-state index contributed by atoms with van der Waals surface area (Å²) in [5, 5.41) is 7.18. The molecule has 0 fully saturated rings. The first kappa shape index (κ1) is 11.7. The van der Waals surface area contributed by atoms with E-state index in [0.29, 0.717) is 0 Å². The molecule has 15 heavy (non-hydrogen) atoms. The van der Waals surface area contributed by atoms with Crippen molar-refractivity contribution in [2.24, 2.45) is 5.73 Å². The molecule has 0 saturated carbocycles. The second-order valence-electron chi connectivity index (χ2n) is 3.31. The van der Waals surface area contributed by atoms with Gasteiger partial charge in [0, 0.05) is 6.26 Å². The van der Waals surface area contributed by atoms with Crippen LogP contribution >= 0.6 is 0 Å². The summed E-state index contributed by atoms with van der Waals surface area (Å²) in [5.74, 6) is 5.77. The van der Waals surface area contributed by atoms with Crippen LogP contribution in [0.25, 0.3) is 0 Å². The molecule has 1 atom stereocenters. The first-order valence-electron chi connectivity index (χ1n) is 4.20. The summed E-state index contributed by atoms with van der Waals surface area (Å²) in [5.41, 5.74) is 11.0. The van der Waals surface area contributed by atoms with Crippen molar-refractivity contribution in [3.8, 4) is 0 Å². The van der Waals surface area contributed by atoms with E-state index in [1.165, 1.54) is 0 Å². The summed E-state index contributed by atoms with van der Waals surface area (Å²) >= 11 is 0. The Balaban J connectivity index is 2.70. The number of nitrogens with two attached hydrogens (primary N) is 3. The van der Waals surface area contributed by atoms with Gasteiger partial charge >= 0.3 is 0 Å². The van der Waals surface area contributed by atoms with Crippen LogP contribution in [-0.4, -0.2) is 35.3 Å². The van der Waals surface area contributed by atoms with Crippen molar-refractivity contribution in [1.82, 2.24) is 14.9 Å². The average Bonchev–Trinajstić information content (AvgIpc) is 2.43. The topological polar surface area (TPSA) is 143 Å². The second-order valence-corrected chi connectivity index (χ2v) is 5.57. The van der Waals surface area contributed by atoms with E-state index in [1.807, 2.05) is 0 Å². The molecule has 1 aromatic heterocycles. The maximum absolute atomic E-state index is 10.9. The minimum atomic E-state index is -3.04. The standard InChI is InChI=1S/C6H14N6O2S/c1-15(13,14)3-2-4(7)5-10-11-6(8)12(5)9/h4H,2-3,7,9H2,1H3,(H2,8,11). The van der Waals surface area contributed by atoms with E-state index in [1.54, 1.807) is 0 Å². The molecule has 0 saturated heterocycles. The van der Waals surface area contributed by atoms with Gasteiger partial charge in [-0.05, 0) is 6.42 Å². The Labute approximate surface area is 87.3 Å². The van der Waals surface area contributed by atoms with Crippen LogP contribution in [0.2, 0.25) is 0 Å². The Hall–Kier alpha value is -1.35. The van der Waals surface area contributed by atoms with Crippen molar-refractivity contribution in [3.05, 3.63) is 5.82 Å². The molecule has 1 aromatic rings. The van der Waals surface area contributed by atoms with Gasteiger partial charge in [0.2, 0.25) is 5.95 Å². The summed E-state index contributed by atoms with van der Waals surface area (Å²) < 4.78 is 22.9. The van der Waals surface area contributed by atoms with E-state index in [4.69, 9.17) is 17.3 Å². The van der Waals surface area contributed by atoms with Crippen LogP contribution in [0, 0.1) is 0 Å². The third-order valence-corrected chi connectivity index (χ3v) is 2.86. The van der Waals surface area contributed by atoms with E-state index in [2.05, 4.69) is 10.2 Å². The molecule has 0 aliphatic rings. The molecule has 0 aromatic carbocycles. The van der Waals surface area contributed by atoms with Crippen LogP contribution in [-0.2, 0) is 9.84 Å². The van der Waals surface area contributed by atoms with E-state index >= 15 is 0 Å². The lowest BCUT2D eigenvalue weighted by atomic mass is 10.2. The minimum absolute atomic E-state index is 0.0269. The molecule has 1 rings (SSSR count). The zero-order chi connectivity index (χ0) is 11.6. The molecular weight excluding hydrogens is 220 g/mol. The van der Waals surface area contributed by atoms with Crippen LogP contribution in [0.4, 0.5) is 5.95 Å². The van der Waals surface area contributed by atoms with Gasteiger partial charge in [0.25, 0.3) is 0 Å². The number of rotatable bonds is 4. The Morgan fingerprint density at radius 2 is 2.07 bits per heavy atom. The predicted molar refractivity (Wildman–Crippen MR) is 55.8 cm³/mol. The molecule has 0 aliphatic heterocycles. The lowest BCUT2D eigenvalue weighted by Crippen LogP contribution is -2.24. The molecule has 0 aliphatic carbocycles. The summed E-state index contributed by atoms with van der Waals surface area (Å²) in [4.78, 5) is 0. The number of hydrogen-bond donors (Lipinski definition) is 3. The highest BCUT2D eigenvalue weighted by atomic mass is 32.2. The molecule has 9 heteroatoms. The lowest BCUT2D eigenvalue weighted by molar-refractivity contribution is 0.582. The van der Waals surface area contributed by atoms with Crippen LogP contribution in [0.15, 0.2) is 0 Å². The van der Waals surface area contributed by atoms with Gasteiger partial charge in [0.1, 0.15) is 9.84 Å². The Morgan fingerprint density at radius 3 is 2.47 bits per heavy atom. The molecule has 6 N–H and O–H groups in total. The molecule has 1 heterocycles. The quantitative estimate of drug-likeness (QED) is 0.511. The summed E-state index contributed by atoms with van der Waals surface area (Å²) in [7, 11) is -3.04. The number of sulfone groups is 1. The number of aromatic nitrogens is 3. The third-order valence-electron chi connectivity index (χ3n) is 1.88. The summed E-state index contributed by atoms with van der Waals surface area (Å²) in [6.07, 6.45) is 1.37. The highest BCUT2D eigenvalue weighted by molar-refractivity contribution is 7.90. The number of anilines is 1. The van der Waals surface area contributed by atoms with Crippen LogP contribution in [0.1, 0.15) is 18.3 Å². The van der Waals surface area contributed by atoms with Crippen molar-refractivity contribution in [3.63, 3.8) is 0 Å². The fraction of sp³-hybridized carbons (Fsp3) is 0.667. The molecule has 0 amide bonds. The van der Waals surface area contributed by atoms with Crippen LogP contribution < -0.4 is 17.3 Å². The van der Waals surface area contributed by atoms with Gasteiger partial charge in [-0.2, -0.15) is 0 Å². The molecular formula is C6H14N6O2S. The highest BCUT2D eigenvalue weighted by Crippen LogP contribution is 2.12. The van der Waals surface area contributed by atoms with Gasteiger partial charge in [-0.15, -0.1) is 10.2 Å². The smallest absolute Gasteiger partial charge is 0.240 e. The average molecular weight is 234 g/mol. The molecule has 0 bridgehead atoms. The summed E-state index contributed by atoms with van der Waals surface area (Å²) in [6, 6.07) is -0.588. The molecule has 1 unspecified atom stereocenters. The largest absolute Gasteiger partial charge is 0.366 e. The summed E-state index contributed by atoms with van der Waals surface area (Å²) in [6.45, 7) is 0. The van der Waals surface area contributed by atoms with Crippen molar-refractivity contribution in [1.29, 1.82) is 0 Å². The lowest BCUT2D eigenvalue weighted by Gasteiger charge is -2.09. The van der Waals surface area contributed by atoms with Crippen molar-refractivity contribution in [2.75, 3.05) is 23.6 Å². The van der Waals surface area contributed by atoms with Gasteiger partial charge < -0.3 is 17.3 Å². The van der Waals surface area contributed by atoms with Crippen molar-refractivity contribution >= 4 is 15.8 Å². The van der Waals surface area contributed by atoms with Gasteiger partial charge in [-0.25, -0.2) is 13.1 Å². The van der Waals surface area contributed by atoms with Crippen molar-refractivity contribution < 1.29 is 8.42 Å². The van der Waals surface area contributed by atoms with Crippen LogP contribution in [0.5, 0.6) is 0 Å². The molecule has 86 valence electrons.